The van der Waals surface area contributed by atoms with E-state index >= 15 is 0 Å². The first-order valence-electron chi connectivity index (χ1n) is 6.91. The van der Waals surface area contributed by atoms with Crippen molar-refractivity contribution in [2.75, 3.05) is 26.3 Å². The lowest BCUT2D eigenvalue weighted by molar-refractivity contribution is 0.126. The molecule has 0 unspecified atom stereocenters. The summed E-state index contributed by atoms with van der Waals surface area (Å²) in [6.45, 7) is 13.1. The predicted octanol–water partition coefficient (Wildman–Crippen LogP) is 3.47. The number of rotatable bonds is 11. The molecule has 0 spiro atoms. The standard InChI is InChI=1S/C14H31NO/c1-13(2)8-5-6-10-16-11-7-9-15-12-14(3)4/h13-15H,5-12H2,1-4H3. The Morgan fingerprint density at radius 3 is 2.19 bits per heavy atom. The Morgan fingerprint density at radius 2 is 1.56 bits per heavy atom. The quantitative estimate of drug-likeness (QED) is 0.548. The van der Waals surface area contributed by atoms with E-state index in [1.54, 1.807) is 0 Å². The van der Waals surface area contributed by atoms with E-state index in [2.05, 4.69) is 33.0 Å². The molecule has 0 aromatic carbocycles. The molecule has 98 valence electrons. The molecule has 0 rings (SSSR count). The van der Waals surface area contributed by atoms with Gasteiger partial charge in [-0.15, -0.1) is 0 Å². The Kier molecular flexibility index (Phi) is 11.3. The van der Waals surface area contributed by atoms with Crippen molar-refractivity contribution < 1.29 is 4.74 Å². The van der Waals surface area contributed by atoms with E-state index in [4.69, 9.17) is 4.74 Å². The van der Waals surface area contributed by atoms with Gasteiger partial charge in [0.05, 0.1) is 0 Å². The lowest BCUT2D eigenvalue weighted by atomic mass is 10.1. The second-order valence-corrected chi connectivity index (χ2v) is 5.45. The van der Waals surface area contributed by atoms with Crippen LogP contribution in [-0.4, -0.2) is 26.3 Å². The van der Waals surface area contributed by atoms with Crippen LogP contribution in [0.15, 0.2) is 0 Å². The summed E-state index contributed by atoms with van der Waals surface area (Å²) >= 11 is 0. The summed E-state index contributed by atoms with van der Waals surface area (Å²) < 4.78 is 5.58. The maximum Gasteiger partial charge on any atom is 0.0478 e. The molecule has 0 radical (unpaired) electrons. The monoisotopic (exact) mass is 229 g/mol. The fourth-order valence-corrected chi connectivity index (χ4v) is 1.55. The van der Waals surface area contributed by atoms with Crippen LogP contribution in [0.2, 0.25) is 0 Å². The molecule has 1 N–H and O–H groups in total. The maximum atomic E-state index is 5.58. The largest absolute Gasteiger partial charge is 0.381 e. The Bertz CT molecular complexity index is 119. The lowest BCUT2D eigenvalue weighted by Gasteiger charge is -2.08. The van der Waals surface area contributed by atoms with Crippen molar-refractivity contribution in [1.29, 1.82) is 0 Å². The summed E-state index contributed by atoms with van der Waals surface area (Å²) in [5.74, 6) is 1.58. The molecule has 0 amide bonds. The van der Waals surface area contributed by atoms with Gasteiger partial charge >= 0.3 is 0 Å². The summed E-state index contributed by atoms with van der Waals surface area (Å²) in [6, 6.07) is 0. The Labute approximate surface area is 102 Å². The molecule has 0 saturated heterocycles. The van der Waals surface area contributed by atoms with Crippen LogP contribution >= 0.6 is 0 Å². The molecular weight excluding hydrogens is 198 g/mol. The van der Waals surface area contributed by atoms with E-state index < -0.39 is 0 Å². The third-order valence-corrected chi connectivity index (χ3v) is 2.51. The van der Waals surface area contributed by atoms with Crippen molar-refractivity contribution in [3.05, 3.63) is 0 Å². The van der Waals surface area contributed by atoms with Crippen LogP contribution in [0.5, 0.6) is 0 Å². The number of hydrogen-bond acceptors (Lipinski definition) is 2. The molecule has 0 bridgehead atoms. The second-order valence-electron chi connectivity index (χ2n) is 5.45. The topological polar surface area (TPSA) is 21.3 Å². The fourth-order valence-electron chi connectivity index (χ4n) is 1.55. The van der Waals surface area contributed by atoms with Gasteiger partial charge in [0.15, 0.2) is 0 Å². The minimum atomic E-state index is 0.747. The molecule has 0 aliphatic heterocycles. The zero-order chi connectivity index (χ0) is 12.2. The molecule has 0 aromatic heterocycles. The van der Waals surface area contributed by atoms with E-state index in [9.17, 15) is 0 Å². The predicted molar refractivity (Wildman–Crippen MR) is 71.8 cm³/mol. The Balaban J connectivity index is 2.93. The molecule has 0 saturated carbocycles. The first-order chi connectivity index (χ1) is 7.63. The zero-order valence-electron chi connectivity index (χ0n) is 11.7. The van der Waals surface area contributed by atoms with Gasteiger partial charge in [-0.05, 0) is 37.8 Å². The Morgan fingerprint density at radius 1 is 0.875 bits per heavy atom. The minimum absolute atomic E-state index is 0.747. The molecule has 0 heterocycles. The van der Waals surface area contributed by atoms with Crippen LogP contribution in [0.1, 0.15) is 53.4 Å². The van der Waals surface area contributed by atoms with Crippen LogP contribution in [-0.2, 0) is 4.74 Å². The summed E-state index contributed by atoms with van der Waals surface area (Å²) in [4.78, 5) is 0. The van der Waals surface area contributed by atoms with Gasteiger partial charge < -0.3 is 10.1 Å². The van der Waals surface area contributed by atoms with Crippen LogP contribution < -0.4 is 5.32 Å². The van der Waals surface area contributed by atoms with Crippen molar-refractivity contribution in [2.24, 2.45) is 11.8 Å². The molecule has 2 nitrogen and oxygen atoms in total. The molecule has 16 heavy (non-hydrogen) atoms. The smallest absolute Gasteiger partial charge is 0.0478 e. The van der Waals surface area contributed by atoms with E-state index in [1.807, 2.05) is 0 Å². The van der Waals surface area contributed by atoms with Crippen molar-refractivity contribution in [3.63, 3.8) is 0 Å². The second kappa shape index (κ2) is 11.4. The molecule has 2 heteroatoms. The summed E-state index contributed by atoms with van der Waals surface area (Å²) in [5.41, 5.74) is 0. The van der Waals surface area contributed by atoms with E-state index in [-0.39, 0.29) is 0 Å². The van der Waals surface area contributed by atoms with Gasteiger partial charge in [0.25, 0.3) is 0 Å². The minimum Gasteiger partial charge on any atom is -0.381 e. The molecular formula is C14H31NO. The van der Waals surface area contributed by atoms with Gasteiger partial charge in [0.2, 0.25) is 0 Å². The van der Waals surface area contributed by atoms with E-state index in [0.717, 1.165) is 44.6 Å². The highest BCUT2D eigenvalue weighted by Gasteiger charge is 1.95. The van der Waals surface area contributed by atoms with E-state index in [1.165, 1.54) is 19.3 Å². The lowest BCUT2D eigenvalue weighted by Crippen LogP contribution is -2.21. The summed E-state index contributed by atoms with van der Waals surface area (Å²) in [7, 11) is 0. The van der Waals surface area contributed by atoms with Crippen LogP contribution in [0.25, 0.3) is 0 Å². The van der Waals surface area contributed by atoms with Crippen molar-refractivity contribution in [1.82, 2.24) is 5.32 Å². The number of nitrogens with one attached hydrogen (secondary N) is 1. The molecule has 0 atom stereocenters. The van der Waals surface area contributed by atoms with Gasteiger partial charge in [-0.1, -0.05) is 40.5 Å². The van der Waals surface area contributed by atoms with Crippen molar-refractivity contribution in [3.8, 4) is 0 Å². The molecule has 0 aliphatic carbocycles. The third-order valence-electron chi connectivity index (χ3n) is 2.51. The molecule has 0 fully saturated rings. The fraction of sp³-hybridized carbons (Fsp3) is 1.00. The highest BCUT2D eigenvalue weighted by Crippen LogP contribution is 2.05. The zero-order valence-corrected chi connectivity index (χ0v) is 11.7. The highest BCUT2D eigenvalue weighted by molar-refractivity contribution is 4.51. The maximum absolute atomic E-state index is 5.58. The average Bonchev–Trinajstić information content (AvgIpc) is 2.20. The average molecular weight is 229 g/mol. The highest BCUT2D eigenvalue weighted by atomic mass is 16.5. The Hall–Kier alpha value is -0.0800. The van der Waals surface area contributed by atoms with Gasteiger partial charge in [-0.2, -0.15) is 0 Å². The van der Waals surface area contributed by atoms with Crippen molar-refractivity contribution >= 4 is 0 Å². The normalized spacial score (nSPS) is 11.6. The molecule has 0 aliphatic rings. The van der Waals surface area contributed by atoms with Gasteiger partial charge in [0.1, 0.15) is 0 Å². The van der Waals surface area contributed by atoms with Crippen LogP contribution in [0.3, 0.4) is 0 Å². The number of ether oxygens (including phenoxy) is 1. The first kappa shape index (κ1) is 15.9. The summed E-state index contributed by atoms with van der Waals surface area (Å²) in [5, 5.41) is 3.42. The SMILES string of the molecule is CC(C)CCCCOCCCNCC(C)C. The number of hydrogen-bond donors (Lipinski definition) is 1. The van der Waals surface area contributed by atoms with Gasteiger partial charge in [-0.3, -0.25) is 0 Å². The van der Waals surface area contributed by atoms with Crippen LogP contribution in [0, 0.1) is 11.8 Å². The van der Waals surface area contributed by atoms with Crippen molar-refractivity contribution in [2.45, 2.75) is 53.4 Å². The molecule has 0 aromatic rings. The summed E-state index contributed by atoms with van der Waals surface area (Å²) in [6.07, 6.45) is 5.00. The first-order valence-corrected chi connectivity index (χ1v) is 6.91. The van der Waals surface area contributed by atoms with Crippen LogP contribution in [0.4, 0.5) is 0 Å². The van der Waals surface area contributed by atoms with E-state index in [0.29, 0.717) is 0 Å². The van der Waals surface area contributed by atoms with Gasteiger partial charge in [0, 0.05) is 13.2 Å². The van der Waals surface area contributed by atoms with Gasteiger partial charge in [-0.25, -0.2) is 0 Å². The third kappa shape index (κ3) is 13.9. The number of unbranched alkanes of at least 4 members (excludes halogenated alkanes) is 1.